The molecule has 7 aromatic rings. The van der Waals surface area contributed by atoms with Crippen LogP contribution >= 0.6 is 47.8 Å². The first-order valence-corrected chi connectivity index (χ1v) is 15.8. The van der Waals surface area contributed by atoms with Gasteiger partial charge in [-0.25, -0.2) is 0 Å². The van der Waals surface area contributed by atoms with Gasteiger partial charge in [0, 0.05) is 29.9 Å². The first-order valence-electron chi connectivity index (χ1n) is 13.4. The molecule has 0 spiro atoms. The van der Waals surface area contributed by atoms with Gasteiger partial charge in [0.15, 0.2) is 0 Å². The number of rotatable bonds is 1. The van der Waals surface area contributed by atoms with Crippen molar-refractivity contribution in [3.63, 3.8) is 0 Å². The molecule has 0 fully saturated rings. The Morgan fingerprint density at radius 1 is 0.415 bits per heavy atom. The number of fused-ring (bicyclic) bond motifs is 6. The molecular formula is C37H26Br3N. The van der Waals surface area contributed by atoms with Gasteiger partial charge in [0.1, 0.15) is 0 Å². The fraction of sp³-hybridized carbons (Fsp3) is 0.0270. The molecule has 0 unspecified atom stereocenters. The van der Waals surface area contributed by atoms with Crippen LogP contribution < -0.4 is 0 Å². The van der Waals surface area contributed by atoms with Gasteiger partial charge < -0.3 is 4.57 Å². The van der Waals surface area contributed by atoms with Crippen molar-refractivity contribution < 1.29 is 0 Å². The summed E-state index contributed by atoms with van der Waals surface area (Å²) in [4.78, 5) is 0. The number of halogens is 3. The van der Waals surface area contributed by atoms with Gasteiger partial charge >= 0.3 is 0 Å². The van der Waals surface area contributed by atoms with Crippen LogP contribution in [-0.4, -0.2) is 4.57 Å². The molecule has 1 aliphatic carbocycles. The molecule has 0 bridgehead atoms. The van der Waals surface area contributed by atoms with Gasteiger partial charge in [-0.05, 0) is 77.2 Å². The lowest BCUT2D eigenvalue weighted by Gasteiger charge is -2.07. The van der Waals surface area contributed by atoms with Crippen LogP contribution in [0.1, 0.15) is 11.1 Å². The SMILES string of the molecule is Brc1cccc(-n2c3ccccc3c3ccccc32)c1.Brc1cccc(Br)c1.c1ccc2c(c1)Cc1ccccc1-2. The van der Waals surface area contributed by atoms with Gasteiger partial charge in [0.05, 0.1) is 11.0 Å². The summed E-state index contributed by atoms with van der Waals surface area (Å²) in [6, 6.07) is 50.8. The highest BCUT2D eigenvalue weighted by atomic mass is 79.9. The van der Waals surface area contributed by atoms with E-state index in [1.165, 1.54) is 49.7 Å². The van der Waals surface area contributed by atoms with Gasteiger partial charge in [-0.2, -0.15) is 0 Å². The molecule has 0 N–H and O–H groups in total. The fourth-order valence-electron chi connectivity index (χ4n) is 5.36. The maximum absolute atomic E-state index is 3.56. The Morgan fingerprint density at radius 3 is 1.34 bits per heavy atom. The standard InChI is InChI=1S/C18H12BrN.C13H10.C6H4Br2/c19-13-6-5-7-14(12-13)20-17-10-3-1-8-15(17)16-9-2-4-11-18(16)20;1-3-7-12-10(5-1)9-11-6-2-4-8-13(11)12;7-5-2-1-3-6(8)4-5/h1-12H;1-8H,9H2;1-4H. The molecule has 4 heteroatoms. The van der Waals surface area contributed by atoms with E-state index in [0.29, 0.717) is 0 Å². The van der Waals surface area contributed by atoms with Crippen LogP contribution in [0.2, 0.25) is 0 Å². The van der Waals surface area contributed by atoms with Crippen molar-refractivity contribution in [1.29, 1.82) is 0 Å². The quantitative estimate of drug-likeness (QED) is 0.159. The molecule has 0 amide bonds. The maximum Gasteiger partial charge on any atom is 0.0541 e. The van der Waals surface area contributed by atoms with Crippen molar-refractivity contribution in [1.82, 2.24) is 4.57 Å². The van der Waals surface area contributed by atoms with E-state index in [1.54, 1.807) is 0 Å². The molecule has 1 aromatic heterocycles. The van der Waals surface area contributed by atoms with Crippen LogP contribution in [0.15, 0.2) is 159 Å². The highest BCUT2D eigenvalue weighted by Crippen LogP contribution is 2.36. The first kappa shape index (κ1) is 27.7. The summed E-state index contributed by atoms with van der Waals surface area (Å²) in [5, 5.41) is 2.59. The van der Waals surface area contributed by atoms with Crippen molar-refractivity contribution in [2.24, 2.45) is 0 Å². The maximum atomic E-state index is 3.56. The minimum atomic E-state index is 1.09. The summed E-state index contributed by atoms with van der Waals surface area (Å²) < 4.78 is 5.62. The van der Waals surface area contributed by atoms with Crippen molar-refractivity contribution >= 4 is 69.6 Å². The summed E-state index contributed by atoms with van der Waals surface area (Å²) in [6.07, 6.45) is 1.10. The van der Waals surface area contributed by atoms with Crippen LogP contribution in [0.4, 0.5) is 0 Å². The lowest BCUT2D eigenvalue weighted by atomic mass is 10.1. The van der Waals surface area contributed by atoms with E-state index in [-0.39, 0.29) is 0 Å². The zero-order valence-electron chi connectivity index (χ0n) is 22.1. The van der Waals surface area contributed by atoms with Crippen LogP contribution in [0.3, 0.4) is 0 Å². The molecule has 8 rings (SSSR count). The number of benzene rings is 6. The zero-order chi connectivity index (χ0) is 28.2. The van der Waals surface area contributed by atoms with E-state index in [9.17, 15) is 0 Å². The Morgan fingerprint density at radius 2 is 0.854 bits per heavy atom. The second-order valence-electron chi connectivity index (χ2n) is 9.78. The molecule has 0 atom stereocenters. The van der Waals surface area contributed by atoms with E-state index in [2.05, 4.69) is 174 Å². The van der Waals surface area contributed by atoms with Crippen LogP contribution in [-0.2, 0) is 6.42 Å². The van der Waals surface area contributed by atoms with Crippen LogP contribution in [0.5, 0.6) is 0 Å². The number of hydrogen-bond acceptors (Lipinski definition) is 0. The van der Waals surface area contributed by atoms with Gasteiger partial charge in [0.25, 0.3) is 0 Å². The second kappa shape index (κ2) is 12.6. The summed E-state index contributed by atoms with van der Waals surface area (Å²) >= 11 is 10.2. The van der Waals surface area contributed by atoms with E-state index in [0.717, 1.165) is 19.8 Å². The molecule has 0 radical (unpaired) electrons. The predicted molar refractivity (Wildman–Crippen MR) is 185 cm³/mol. The molecule has 1 aliphatic rings. The molecule has 0 saturated carbocycles. The minimum absolute atomic E-state index is 1.09. The zero-order valence-corrected chi connectivity index (χ0v) is 26.9. The van der Waals surface area contributed by atoms with Crippen LogP contribution in [0.25, 0.3) is 38.6 Å². The third-order valence-electron chi connectivity index (χ3n) is 7.14. The summed E-state index contributed by atoms with van der Waals surface area (Å²) in [5.74, 6) is 0. The molecule has 0 aliphatic heterocycles. The lowest BCUT2D eigenvalue weighted by molar-refractivity contribution is 1.18. The van der Waals surface area contributed by atoms with Gasteiger partial charge in [-0.3, -0.25) is 0 Å². The third-order valence-corrected chi connectivity index (χ3v) is 8.62. The smallest absolute Gasteiger partial charge is 0.0541 e. The Labute approximate surface area is 265 Å². The second-order valence-corrected chi connectivity index (χ2v) is 12.5. The molecule has 0 saturated heterocycles. The van der Waals surface area contributed by atoms with Gasteiger partial charge in [0.2, 0.25) is 0 Å². The minimum Gasteiger partial charge on any atom is -0.309 e. The molecule has 1 nitrogen and oxygen atoms in total. The van der Waals surface area contributed by atoms with E-state index >= 15 is 0 Å². The average molecular weight is 724 g/mol. The fourth-order valence-corrected chi connectivity index (χ4v) is 6.85. The Kier molecular flexibility index (Phi) is 8.52. The monoisotopic (exact) mass is 721 g/mol. The normalized spacial score (nSPS) is 11.2. The van der Waals surface area contributed by atoms with Gasteiger partial charge in [-0.15, -0.1) is 0 Å². The van der Waals surface area contributed by atoms with Crippen LogP contribution in [0, 0.1) is 0 Å². The summed E-state index contributed by atoms with van der Waals surface area (Å²) in [5.41, 5.74) is 9.42. The Balaban J connectivity index is 0.000000123. The van der Waals surface area contributed by atoms with E-state index < -0.39 is 0 Å². The molecule has 1 heterocycles. The number of para-hydroxylation sites is 2. The van der Waals surface area contributed by atoms with Crippen molar-refractivity contribution in [3.8, 4) is 16.8 Å². The van der Waals surface area contributed by atoms with E-state index in [1.807, 2.05) is 24.3 Å². The predicted octanol–water partition coefficient (Wildman–Crippen LogP) is 12.0. The van der Waals surface area contributed by atoms with Crippen molar-refractivity contribution in [2.45, 2.75) is 6.42 Å². The first-order chi connectivity index (χ1) is 20.1. The summed E-state index contributed by atoms with van der Waals surface area (Å²) in [6.45, 7) is 0. The lowest BCUT2D eigenvalue weighted by Crippen LogP contribution is -1.93. The number of aromatic nitrogens is 1. The number of hydrogen-bond donors (Lipinski definition) is 0. The van der Waals surface area contributed by atoms with Crippen molar-refractivity contribution in [2.75, 3.05) is 0 Å². The summed E-state index contributed by atoms with van der Waals surface area (Å²) in [7, 11) is 0. The van der Waals surface area contributed by atoms with E-state index in [4.69, 9.17) is 0 Å². The highest BCUT2D eigenvalue weighted by molar-refractivity contribution is 9.11. The molecule has 200 valence electrons. The number of nitrogens with zero attached hydrogens (tertiary/aromatic N) is 1. The third kappa shape index (κ3) is 6.11. The molecule has 6 aromatic carbocycles. The Bertz CT molecular complexity index is 1860. The molecular weight excluding hydrogens is 698 g/mol. The topological polar surface area (TPSA) is 4.93 Å². The Hall–Kier alpha value is -3.44. The highest BCUT2D eigenvalue weighted by Gasteiger charge is 2.16. The largest absolute Gasteiger partial charge is 0.309 e. The molecule has 41 heavy (non-hydrogen) atoms. The van der Waals surface area contributed by atoms with Gasteiger partial charge in [-0.1, -0.05) is 145 Å². The average Bonchev–Trinajstić information content (AvgIpc) is 3.54. The van der Waals surface area contributed by atoms with Crippen molar-refractivity contribution in [3.05, 3.63) is 170 Å².